The fourth-order valence-electron chi connectivity index (χ4n) is 1.99. The molecule has 0 saturated heterocycles. The van der Waals surface area contributed by atoms with Gasteiger partial charge in [-0.25, -0.2) is 4.98 Å². The van der Waals surface area contributed by atoms with Gasteiger partial charge in [-0.2, -0.15) is 0 Å². The van der Waals surface area contributed by atoms with Crippen LogP contribution in [0.1, 0.15) is 49.7 Å². The second kappa shape index (κ2) is 9.77. The van der Waals surface area contributed by atoms with Crippen molar-refractivity contribution >= 4 is 17.3 Å². The van der Waals surface area contributed by atoms with E-state index in [4.69, 9.17) is 0 Å². The molecular weight excluding hydrogens is 280 g/mol. The molecule has 120 valence electrons. The predicted octanol–water partition coefficient (Wildman–Crippen LogP) is 3.16. The van der Waals surface area contributed by atoms with Crippen molar-refractivity contribution in [2.24, 2.45) is 10.9 Å². The number of aryl methyl sites for hydroxylation is 2. The van der Waals surface area contributed by atoms with Crippen LogP contribution >= 0.6 is 11.3 Å². The van der Waals surface area contributed by atoms with Gasteiger partial charge in [-0.05, 0) is 32.6 Å². The topological polar surface area (TPSA) is 49.3 Å². The Hall–Kier alpha value is -1.10. The van der Waals surface area contributed by atoms with Gasteiger partial charge in [0, 0.05) is 30.9 Å². The molecule has 2 N–H and O–H groups in total. The molecule has 21 heavy (non-hydrogen) atoms. The SMILES string of the molecule is CCNC(=NCCC(C)C)NCCc1nc(CC)c(C)s1. The number of hydrogen-bond donors (Lipinski definition) is 2. The zero-order valence-electron chi connectivity index (χ0n) is 14.1. The molecule has 1 heterocycles. The summed E-state index contributed by atoms with van der Waals surface area (Å²) >= 11 is 1.81. The van der Waals surface area contributed by atoms with Crippen LogP contribution in [0, 0.1) is 12.8 Å². The fourth-order valence-corrected chi connectivity index (χ4v) is 3.01. The minimum atomic E-state index is 0.697. The molecule has 1 rings (SSSR count). The molecule has 1 aromatic rings. The van der Waals surface area contributed by atoms with E-state index in [0.29, 0.717) is 5.92 Å². The Bertz CT molecular complexity index is 437. The van der Waals surface area contributed by atoms with Crippen LogP contribution in [0.2, 0.25) is 0 Å². The first-order valence-corrected chi connectivity index (χ1v) is 8.85. The van der Waals surface area contributed by atoms with Gasteiger partial charge in [-0.15, -0.1) is 11.3 Å². The van der Waals surface area contributed by atoms with E-state index in [0.717, 1.165) is 44.9 Å². The van der Waals surface area contributed by atoms with Crippen LogP contribution in [0.15, 0.2) is 4.99 Å². The number of nitrogens with one attached hydrogen (secondary N) is 2. The van der Waals surface area contributed by atoms with Crippen molar-refractivity contribution in [1.82, 2.24) is 15.6 Å². The predicted molar refractivity (Wildman–Crippen MR) is 93.4 cm³/mol. The Labute approximate surface area is 133 Å². The zero-order chi connectivity index (χ0) is 15.7. The molecule has 1 aromatic heterocycles. The summed E-state index contributed by atoms with van der Waals surface area (Å²) in [5.74, 6) is 1.62. The average Bonchev–Trinajstić information content (AvgIpc) is 2.78. The Morgan fingerprint density at radius 1 is 1.29 bits per heavy atom. The zero-order valence-corrected chi connectivity index (χ0v) is 14.9. The minimum Gasteiger partial charge on any atom is -0.357 e. The number of thiazole rings is 1. The van der Waals surface area contributed by atoms with E-state index in [2.05, 4.69) is 55.2 Å². The third kappa shape index (κ3) is 6.93. The first-order valence-electron chi connectivity index (χ1n) is 8.04. The summed E-state index contributed by atoms with van der Waals surface area (Å²) in [5.41, 5.74) is 1.24. The quantitative estimate of drug-likeness (QED) is 0.573. The number of nitrogens with zero attached hydrogens (tertiary/aromatic N) is 2. The van der Waals surface area contributed by atoms with Crippen molar-refractivity contribution in [2.75, 3.05) is 19.6 Å². The van der Waals surface area contributed by atoms with E-state index in [1.807, 2.05) is 11.3 Å². The molecule has 0 aliphatic rings. The molecule has 0 aromatic carbocycles. The molecule has 0 fully saturated rings. The highest BCUT2D eigenvalue weighted by Gasteiger charge is 2.06. The Balaban J connectivity index is 2.41. The first-order chi connectivity index (χ1) is 10.1. The maximum absolute atomic E-state index is 4.67. The van der Waals surface area contributed by atoms with Gasteiger partial charge in [0.25, 0.3) is 0 Å². The monoisotopic (exact) mass is 310 g/mol. The van der Waals surface area contributed by atoms with E-state index < -0.39 is 0 Å². The summed E-state index contributed by atoms with van der Waals surface area (Å²) in [6, 6.07) is 0. The highest BCUT2D eigenvalue weighted by molar-refractivity contribution is 7.11. The summed E-state index contributed by atoms with van der Waals surface area (Å²) in [4.78, 5) is 10.6. The Morgan fingerprint density at radius 3 is 2.62 bits per heavy atom. The van der Waals surface area contributed by atoms with Crippen molar-refractivity contribution < 1.29 is 0 Å². The van der Waals surface area contributed by atoms with Crippen LogP contribution in [-0.2, 0) is 12.8 Å². The van der Waals surface area contributed by atoms with Gasteiger partial charge < -0.3 is 10.6 Å². The Kier molecular flexibility index (Phi) is 8.35. The van der Waals surface area contributed by atoms with Crippen LogP contribution in [0.5, 0.6) is 0 Å². The number of guanidine groups is 1. The molecule has 0 bridgehead atoms. The van der Waals surface area contributed by atoms with Crippen LogP contribution < -0.4 is 10.6 Å². The molecule has 0 aliphatic carbocycles. The lowest BCUT2D eigenvalue weighted by atomic mass is 10.1. The fraction of sp³-hybridized carbons (Fsp3) is 0.750. The number of aliphatic imine (C=N–C) groups is 1. The number of rotatable bonds is 8. The third-order valence-electron chi connectivity index (χ3n) is 3.22. The summed E-state index contributed by atoms with van der Waals surface area (Å²) < 4.78 is 0. The van der Waals surface area contributed by atoms with Gasteiger partial charge in [-0.1, -0.05) is 20.8 Å². The van der Waals surface area contributed by atoms with Gasteiger partial charge in [0.2, 0.25) is 0 Å². The maximum Gasteiger partial charge on any atom is 0.191 e. The van der Waals surface area contributed by atoms with Gasteiger partial charge in [0.05, 0.1) is 10.7 Å². The first kappa shape index (κ1) is 18.0. The molecule has 5 heteroatoms. The molecule has 4 nitrogen and oxygen atoms in total. The normalized spacial score (nSPS) is 12.0. The lowest BCUT2D eigenvalue weighted by Gasteiger charge is -2.11. The maximum atomic E-state index is 4.67. The van der Waals surface area contributed by atoms with Gasteiger partial charge in [0.1, 0.15) is 0 Å². The standard InChI is InChI=1S/C16H30N4S/c1-6-14-13(5)21-15(20-14)9-11-19-16(17-7-2)18-10-8-12(3)4/h12H,6-11H2,1-5H3,(H2,17,18,19). The molecular formula is C16H30N4S. The average molecular weight is 311 g/mol. The van der Waals surface area contributed by atoms with E-state index in [-0.39, 0.29) is 0 Å². The van der Waals surface area contributed by atoms with E-state index in [9.17, 15) is 0 Å². The summed E-state index contributed by atoms with van der Waals surface area (Å²) in [7, 11) is 0. The number of hydrogen-bond acceptors (Lipinski definition) is 3. The van der Waals surface area contributed by atoms with Crippen molar-refractivity contribution in [3.05, 3.63) is 15.6 Å². The largest absolute Gasteiger partial charge is 0.357 e. The van der Waals surface area contributed by atoms with Crippen molar-refractivity contribution in [2.45, 2.75) is 53.9 Å². The second-order valence-electron chi connectivity index (χ2n) is 5.58. The van der Waals surface area contributed by atoms with Crippen LogP contribution in [-0.4, -0.2) is 30.6 Å². The Morgan fingerprint density at radius 2 is 2.05 bits per heavy atom. The molecule has 0 unspecified atom stereocenters. The molecule has 0 saturated carbocycles. The summed E-state index contributed by atoms with van der Waals surface area (Å²) in [6.45, 7) is 13.5. The molecule has 0 atom stereocenters. The van der Waals surface area contributed by atoms with Crippen LogP contribution in [0.25, 0.3) is 0 Å². The second-order valence-corrected chi connectivity index (χ2v) is 6.87. The lowest BCUT2D eigenvalue weighted by molar-refractivity contribution is 0.594. The molecule has 0 aliphatic heterocycles. The van der Waals surface area contributed by atoms with Gasteiger partial charge in [-0.3, -0.25) is 4.99 Å². The molecule has 0 spiro atoms. The van der Waals surface area contributed by atoms with E-state index >= 15 is 0 Å². The molecule has 0 radical (unpaired) electrons. The highest BCUT2D eigenvalue weighted by Crippen LogP contribution is 2.17. The van der Waals surface area contributed by atoms with Gasteiger partial charge in [0.15, 0.2) is 5.96 Å². The van der Waals surface area contributed by atoms with Crippen molar-refractivity contribution in [3.8, 4) is 0 Å². The van der Waals surface area contributed by atoms with E-state index in [1.165, 1.54) is 15.6 Å². The summed E-state index contributed by atoms with van der Waals surface area (Å²) in [5, 5.41) is 7.90. The van der Waals surface area contributed by atoms with Crippen LogP contribution in [0.3, 0.4) is 0 Å². The van der Waals surface area contributed by atoms with Crippen molar-refractivity contribution in [3.63, 3.8) is 0 Å². The lowest BCUT2D eigenvalue weighted by Crippen LogP contribution is -2.38. The minimum absolute atomic E-state index is 0.697. The summed E-state index contributed by atoms with van der Waals surface area (Å²) in [6.07, 6.45) is 3.11. The van der Waals surface area contributed by atoms with Crippen LogP contribution in [0.4, 0.5) is 0 Å². The van der Waals surface area contributed by atoms with Crippen molar-refractivity contribution in [1.29, 1.82) is 0 Å². The smallest absolute Gasteiger partial charge is 0.191 e. The van der Waals surface area contributed by atoms with E-state index in [1.54, 1.807) is 0 Å². The number of aromatic nitrogens is 1. The molecule has 0 amide bonds. The third-order valence-corrected chi connectivity index (χ3v) is 4.30. The van der Waals surface area contributed by atoms with Gasteiger partial charge >= 0.3 is 0 Å². The highest BCUT2D eigenvalue weighted by atomic mass is 32.1.